The number of nitrogens with zero attached hydrogens (tertiary/aromatic N) is 3. The van der Waals surface area contributed by atoms with E-state index < -0.39 is 5.91 Å². The Morgan fingerprint density at radius 2 is 1.53 bits per heavy atom. The van der Waals surface area contributed by atoms with Gasteiger partial charge in [-0.15, -0.1) is 0 Å². The van der Waals surface area contributed by atoms with Crippen LogP contribution in [0.25, 0.3) is 10.9 Å². The number of aromatic nitrogens is 1. The molecule has 0 spiro atoms. The molecule has 0 aliphatic rings. The molecule has 0 aliphatic heterocycles. The highest BCUT2D eigenvalue weighted by Gasteiger charge is 2.23. The Bertz CT molecular complexity index is 1210. The summed E-state index contributed by atoms with van der Waals surface area (Å²) in [5.74, 6) is -0.839. The van der Waals surface area contributed by atoms with Crippen LogP contribution in [0.4, 0.5) is 0 Å². The van der Waals surface area contributed by atoms with Gasteiger partial charge in [-0.2, -0.15) is 10.1 Å². The number of imide groups is 1. The van der Waals surface area contributed by atoms with Gasteiger partial charge in [0.05, 0.1) is 12.6 Å². The molecule has 1 heterocycles. The van der Waals surface area contributed by atoms with Gasteiger partial charge in [-0.05, 0) is 35.2 Å². The number of hydrazone groups is 1. The van der Waals surface area contributed by atoms with Gasteiger partial charge in [-0.3, -0.25) is 9.59 Å². The molecule has 3 aromatic carbocycles. The minimum atomic E-state index is -0.452. The summed E-state index contributed by atoms with van der Waals surface area (Å²) < 4.78 is 1.97. The fourth-order valence-corrected chi connectivity index (χ4v) is 3.34. The molecule has 5 heteroatoms. The first-order chi connectivity index (χ1) is 14.6. The number of benzene rings is 3. The molecule has 0 atom stereocenters. The highest BCUT2D eigenvalue weighted by Crippen LogP contribution is 2.19. The van der Waals surface area contributed by atoms with Crippen molar-refractivity contribution in [3.63, 3.8) is 0 Å². The van der Waals surface area contributed by atoms with Crippen molar-refractivity contribution in [2.45, 2.75) is 6.42 Å². The number of aryl methyl sites for hydroxylation is 1. The molecule has 30 heavy (non-hydrogen) atoms. The lowest BCUT2D eigenvalue weighted by molar-refractivity contribution is -0.128. The molecular formula is C25H21N3O2. The number of fused-ring (bicyclic) bond motifs is 1. The van der Waals surface area contributed by atoms with Crippen LogP contribution in [0.2, 0.25) is 0 Å². The van der Waals surface area contributed by atoms with Gasteiger partial charge in [0.2, 0.25) is 0 Å². The zero-order valence-electron chi connectivity index (χ0n) is 16.6. The average molecular weight is 395 g/mol. The molecule has 4 rings (SSSR count). The van der Waals surface area contributed by atoms with E-state index in [1.807, 2.05) is 78.3 Å². The van der Waals surface area contributed by atoms with Gasteiger partial charge in [0.25, 0.3) is 11.8 Å². The lowest BCUT2D eigenvalue weighted by Crippen LogP contribution is -2.34. The fraction of sp³-hybridized carbons (Fsp3) is 0.0800. The van der Waals surface area contributed by atoms with E-state index >= 15 is 0 Å². The van der Waals surface area contributed by atoms with Crippen molar-refractivity contribution in [1.29, 1.82) is 0 Å². The third-order valence-corrected chi connectivity index (χ3v) is 4.95. The zero-order valence-corrected chi connectivity index (χ0v) is 16.6. The molecule has 4 aromatic rings. The van der Waals surface area contributed by atoms with E-state index in [0.717, 1.165) is 27.2 Å². The van der Waals surface area contributed by atoms with Crippen molar-refractivity contribution in [2.75, 3.05) is 0 Å². The molecule has 5 nitrogen and oxygen atoms in total. The van der Waals surface area contributed by atoms with E-state index in [2.05, 4.69) is 5.10 Å². The van der Waals surface area contributed by atoms with E-state index in [4.69, 9.17) is 0 Å². The highest BCUT2D eigenvalue weighted by atomic mass is 16.2. The summed E-state index contributed by atoms with van der Waals surface area (Å²) in [6.07, 6.45) is 1.59. The van der Waals surface area contributed by atoms with Crippen LogP contribution in [0.1, 0.15) is 21.6 Å². The molecule has 0 saturated carbocycles. The van der Waals surface area contributed by atoms with Crippen molar-refractivity contribution >= 4 is 28.9 Å². The second-order valence-electron chi connectivity index (χ2n) is 6.96. The number of amides is 2. The topological polar surface area (TPSA) is 54.7 Å². The van der Waals surface area contributed by atoms with E-state index in [1.54, 1.807) is 24.3 Å². The Balaban J connectivity index is 1.65. The Labute approximate surface area is 174 Å². The number of carbonyl (C=O) groups is 2. The Hall–Kier alpha value is -3.99. The van der Waals surface area contributed by atoms with Crippen LogP contribution in [0.15, 0.2) is 96.1 Å². The van der Waals surface area contributed by atoms with Crippen LogP contribution in [0.5, 0.6) is 0 Å². The zero-order chi connectivity index (χ0) is 20.9. The molecule has 0 saturated heterocycles. The van der Waals surface area contributed by atoms with Crippen molar-refractivity contribution in [3.8, 4) is 0 Å². The van der Waals surface area contributed by atoms with E-state index in [9.17, 15) is 9.59 Å². The van der Waals surface area contributed by atoms with Crippen molar-refractivity contribution in [2.24, 2.45) is 12.1 Å². The molecule has 0 unspecified atom stereocenters. The Kier molecular flexibility index (Phi) is 5.52. The third-order valence-electron chi connectivity index (χ3n) is 4.95. The molecule has 0 fully saturated rings. The maximum atomic E-state index is 13.2. The number of rotatable bonds is 5. The van der Waals surface area contributed by atoms with Crippen LogP contribution in [0.3, 0.4) is 0 Å². The third kappa shape index (κ3) is 4.05. The second kappa shape index (κ2) is 8.57. The Morgan fingerprint density at radius 3 is 2.23 bits per heavy atom. The first kappa shape index (κ1) is 19.3. The van der Waals surface area contributed by atoms with Crippen LogP contribution in [-0.4, -0.2) is 27.6 Å². The molecule has 0 bridgehead atoms. The highest BCUT2D eigenvalue weighted by molar-refractivity contribution is 6.05. The van der Waals surface area contributed by atoms with Gasteiger partial charge >= 0.3 is 0 Å². The number of carbonyl (C=O) groups excluding carboxylic acids is 2. The summed E-state index contributed by atoms with van der Waals surface area (Å²) in [6.45, 7) is 0. The minimum absolute atomic E-state index is 0.0654. The van der Waals surface area contributed by atoms with Crippen LogP contribution in [-0.2, 0) is 18.3 Å². The van der Waals surface area contributed by atoms with Gasteiger partial charge in [0.1, 0.15) is 0 Å². The molecule has 0 aliphatic carbocycles. The second-order valence-corrected chi connectivity index (χ2v) is 6.96. The molecule has 148 valence electrons. The summed E-state index contributed by atoms with van der Waals surface area (Å²) in [6, 6.07) is 28.0. The maximum Gasteiger partial charge on any atom is 0.281 e. The van der Waals surface area contributed by atoms with Gasteiger partial charge < -0.3 is 4.57 Å². The molecule has 0 N–H and O–H groups in total. The number of hydrogen-bond donors (Lipinski definition) is 0. The number of hydrogen-bond acceptors (Lipinski definition) is 3. The Morgan fingerprint density at radius 1 is 0.900 bits per heavy atom. The largest absolute Gasteiger partial charge is 0.347 e. The lowest BCUT2D eigenvalue weighted by Gasteiger charge is -2.16. The molecule has 1 aromatic heterocycles. The van der Waals surface area contributed by atoms with Crippen molar-refractivity contribution < 1.29 is 9.59 Å². The minimum Gasteiger partial charge on any atom is -0.347 e. The summed E-state index contributed by atoms with van der Waals surface area (Å²) in [5.41, 5.74) is 3.07. The van der Waals surface area contributed by atoms with E-state index in [-0.39, 0.29) is 12.3 Å². The molecule has 0 radical (unpaired) electrons. The molecule has 2 amide bonds. The maximum absolute atomic E-state index is 13.2. The van der Waals surface area contributed by atoms with Gasteiger partial charge in [-0.25, -0.2) is 0 Å². The smallest absolute Gasteiger partial charge is 0.281 e. The predicted octanol–water partition coefficient (Wildman–Crippen LogP) is 4.42. The molecular weight excluding hydrogens is 374 g/mol. The van der Waals surface area contributed by atoms with Crippen molar-refractivity contribution in [1.82, 2.24) is 9.58 Å². The standard InChI is InChI=1S/C25H21N3O2/c1-27-22(16-21-14-8-9-15-23(21)27)17-24(29)28(25(30)20-12-6-3-7-13-20)26-18-19-10-4-2-5-11-19/h2-16,18H,17H2,1H3/b26-18-. The normalized spacial score (nSPS) is 11.1. The average Bonchev–Trinajstić information content (AvgIpc) is 3.10. The lowest BCUT2D eigenvalue weighted by atomic mass is 10.2. The van der Waals surface area contributed by atoms with E-state index in [0.29, 0.717) is 5.56 Å². The van der Waals surface area contributed by atoms with Crippen LogP contribution < -0.4 is 0 Å². The summed E-state index contributed by atoms with van der Waals surface area (Å²) in [7, 11) is 1.92. The fourth-order valence-electron chi connectivity index (χ4n) is 3.34. The SMILES string of the molecule is Cn1c(CC(=O)N(/N=C\c2ccccc2)C(=O)c2ccccc2)cc2ccccc21. The number of para-hydroxylation sites is 1. The summed E-state index contributed by atoms with van der Waals surface area (Å²) in [5, 5.41) is 6.26. The van der Waals surface area contributed by atoms with Gasteiger partial charge in [0, 0.05) is 23.8 Å². The van der Waals surface area contributed by atoms with Crippen LogP contribution in [0, 0.1) is 0 Å². The first-order valence-corrected chi connectivity index (χ1v) is 9.68. The first-order valence-electron chi connectivity index (χ1n) is 9.68. The van der Waals surface area contributed by atoms with E-state index in [1.165, 1.54) is 6.21 Å². The van der Waals surface area contributed by atoms with Crippen LogP contribution >= 0.6 is 0 Å². The van der Waals surface area contributed by atoms with Gasteiger partial charge in [0.15, 0.2) is 0 Å². The monoisotopic (exact) mass is 395 g/mol. The summed E-state index contributed by atoms with van der Waals surface area (Å²) in [4.78, 5) is 26.2. The van der Waals surface area contributed by atoms with Gasteiger partial charge in [-0.1, -0.05) is 66.7 Å². The predicted molar refractivity (Wildman–Crippen MR) is 118 cm³/mol. The summed E-state index contributed by atoms with van der Waals surface area (Å²) >= 11 is 0. The quantitative estimate of drug-likeness (QED) is 0.371. The van der Waals surface area contributed by atoms with Crippen molar-refractivity contribution in [3.05, 3.63) is 108 Å².